The molecule has 5 heteroatoms. The second-order valence-corrected chi connectivity index (χ2v) is 4.83. The van der Waals surface area contributed by atoms with E-state index in [9.17, 15) is 5.11 Å². The van der Waals surface area contributed by atoms with E-state index in [0.717, 1.165) is 21.0 Å². The molecule has 0 fully saturated rings. The van der Waals surface area contributed by atoms with Crippen molar-refractivity contribution in [3.8, 4) is 0 Å². The highest BCUT2D eigenvalue weighted by molar-refractivity contribution is 7.10. The predicted molar refractivity (Wildman–Crippen MR) is 57.8 cm³/mol. The van der Waals surface area contributed by atoms with Crippen molar-refractivity contribution in [3.63, 3.8) is 0 Å². The average Bonchev–Trinajstić information content (AvgIpc) is 2.73. The normalized spacial score (nSPS) is 13.1. The molecule has 0 amide bonds. The highest BCUT2D eigenvalue weighted by Crippen LogP contribution is 2.31. The van der Waals surface area contributed by atoms with Crippen molar-refractivity contribution < 1.29 is 5.11 Å². The van der Waals surface area contributed by atoms with E-state index in [0.29, 0.717) is 0 Å². The molecule has 0 radical (unpaired) electrons. The third kappa shape index (κ3) is 1.58. The number of aliphatic hydroxyl groups is 1. The van der Waals surface area contributed by atoms with Gasteiger partial charge in [0.25, 0.3) is 0 Å². The number of aryl methyl sites for hydroxylation is 2. The van der Waals surface area contributed by atoms with Crippen LogP contribution in [0.2, 0.25) is 0 Å². The molecule has 1 N–H and O–H groups in total. The van der Waals surface area contributed by atoms with Crippen molar-refractivity contribution in [1.29, 1.82) is 0 Å². The van der Waals surface area contributed by atoms with Crippen molar-refractivity contribution in [2.24, 2.45) is 0 Å². The van der Waals surface area contributed by atoms with Gasteiger partial charge in [-0.15, -0.1) is 16.4 Å². The summed E-state index contributed by atoms with van der Waals surface area (Å²) in [4.78, 5) is 1.83. The summed E-state index contributed by atoms with van der Waals surface area (Å²) in [5, 5.41) is 15.9. The minimum absolute atomic E-state index is 0.560. The summed E-state index contributed by atoms with van der Waals surface area (Å²) < 4.78 is 3.82. The fourth-order valence-electron chi connectivity index (χ4n) is 1.27. The van der Waals surface area contributed by atoms with Crippen LogP contribution in [0, 0.1) is 13.8 Å². The number of aliphatic hydroxyl groups excluding tert-OH is 1. The second-order valence-electron chi connectivity index (χ2n) is 3.09. The maximum Gasteiger partial charge on any atom is 0.126 e. The number of thiophene rings is 1. The van der Waals surface area contributed by atoms with Gasteiger partial charge in [-0.2, -0.15) is 0 Å². The number of hydrogen-bond acceptors (Lipinski definition) is 5. The summed E-state index contributed by atoms with van der Waals surface area (Å²) in [7, 11) is 0. The molecule has 1 unspecified atom stereocenters. The van der Waals surface area contributed by atoms with Crippen LogP contribution in [-0.4, -0.2) is 14.7 Å². The van der Waals surface area contributed by atoms with Gasteiger partial charge < -0.3 is 5.11 Å². The van der Waals surface area contributed by atoms with Gasteiger partial charge in [-0.3, -0.25) is 0 Å². The van der Waals surface area contributed by atoms with Crippen LogP contribution in [0.5, 0.6) is 0 Å². The van der Waals surface area contributed by atoms with Gasteiger partial charge in [0, 0.05) is 4.88 Å². The van der Waals surface area contributed by atoms with Crippen LogP contribution in [0.3, 0.4) is 0 Å². The molecule has 3 nitrogen and oxygen atoms in total. The molecule has 74 valence electrons. The summed E-state index contributed by atoms with van der Waals surface area (Å²) in [5.74, 6) is 0. The van der Waals surface area contributed by atoms with Gasteiger partial charge in [-0.1, -0.05) is 4.49 Å². The average molecular weight is 226 g/mol. The zero-order valence-corrected chi connectivity index (χ0v) is 9.52. The van der Waals surface area contributed by atoms with Crippen LogP contribution < -0.4 is 0 Å². The van der Waals surface area contributed by atoms with Gasteiger partial charge in [0.05, 0.1) is 10.6 Å². The van der Waals surface area contributed by atoms with Gasteiger partial charge in [0.2, 0.25) is 0 Å². The number of rotatable bonds is 2. The Morgan fingerprint density at radius 2 is 2.14 bits per heavy atom. The summed E-state index contributed by atoms with van der Waals surface area (Å²) in [6.07, 6.45) is -0.560. The fraction of sp³-hybridized carbons (Fsp3) is 0.333. The monoisotopic (exact) mass is 226 g/mol. The first-order valence-electron chi connectivity index (χ1n) is 4.21. The van der Waals surface area contributed by atoms with E-state index in [1.54, 1.807) is 11.3 Å². The van der Waals surface area contributed by atoms with E-state index in [1.807, 2.05) is 25.3 Å². The van der Waals surface area contributed by atoms with Crippen molar-refractivity contribution >= 4 is 22.9 Å². The molecule has 0 spiro atoms. The first kappa shape index (κ1) is 9.76. The molecular formula is C9H10N2OS2. The third-order valence-corrected chi connectivity index (χ3v) is 4.03. The van der Waals surface area contributed by atoms with E-state index < -0.39 is 6.10 Å². The molecule has 2 aromatic rings. The van der Waals surface area contributed by atoms with Crippen LogP contribution in [0.1, 0.15) is 27.1 Å². The Morgan fingerprint density at radius 3 is 2.64 bits per heavy atom. The lowest BCUT2D eigenvalue weighted by Gasteiger charge is -2.07. The summed E-state index contributed by atoms with van der Waals surface area (Å²) >= 11 is 2.83. The van der Waals surface area contributed by atoms with Gasteiger partial charge in [-0.25, -0.2) is 0 Å². The largest absolute Gasteiger partial charge is 0.382 e. The standard InChI is InChI=1S/C9H10N2OS2/c1-5-3-4-13-8(5)7(12)9-6(2)10-11-14-9/h3-4,7,12H,1-2H3. The lowest BCUT2D eigenvalue weighted by molar-refractivity contribution is 0.226. The Morgan fingerprint density at radius 1 is 1.36 bits per heavy atom. The highest BCUT2D eigenvalue weighted by Gasteiger charge is 2.18. The zero-order chi connectivity index (χ0) is 10.1. The van der Waals surface area contributed by atoms with Crippen LogP contribution >= 0.6 is 22.9 Å². The lowest BCUT2D eigenvalue weighted by atomic mass is 10.1. The highest BCUT2D eigenvalue weighted by atomic mass is 32.1. The SMILES string of the molecule is Cc1ccsc1C(O)c1snnc1C. The smallest absolute Gasteiger partial charge is 0.126 e. The Labute approximate surface area is 90.2 Å². The van der Waals surface area contributed by atoms with Gasteiger partial charge in [0.1, 0.15) is 6.10 Å². The molecule has 0 saturated heterocycles. The molecule has 0 aliphatic carbocycles. The Bertz CT molecular complexity index is 395. The lowest BCUT2D eigenvalue weighted by Crippen LogP contribution is -1.98. The molecule has 2 aromatic heterocycles. The van der Waals surface area contributed by atoms with Crippen LogP contribution in [0.15, 0.2) is 11.4 Å². The van der Waals surface area contributed by atoms with E-state index in [2.05, 4.69) is 9.59 Å². The number of hydrogen-bond donors (Lipinski definition) is 1. The van der Waals surface area contributed by atoms with Crippen LogP contribution in [0.4, 0.5) is 0 Å². The molecule has 14 heavy (non-hydrogen) atoms. The van der Waals surface area contributed by atoms with Crippen molar-refractivity contribution in [3.05, 3.63) is 32.5 Å². The maximum atomic E-state index is 10.1. The van der Waals surface area contributed by atoms with E-state index in [4.69, 9.17) is 0 Å². The van der Waals surface area contributed by atoms with Gasteiger partial charge in [-0.05, 0) is 42.4 Å². The Hall–Kier alpha value is -0.780. The van der Waals surface area contributed by atoms with E-state index in [1.165, 1.54) is 11.5 Å². The zero-order valence-electron chi connectivity index (χ0n) is 7.89. The van der Waals surface area contributed by atoms with E-state index >= 15 is 0 Å². The maximum absolute atomic E-state index is 10.1. The van der Waals surface area contributed by atoms with Crippen molar-refractivity contribution in [2.75, 3.05) is 0 Å². The Balaban J connectivity index is 2.38. The molecule has 2 rings (SSSR count). The fourth-order valence-corrected chi connectivity index (χ4v) is 2.91. The summed E-state index contributed by atoms with van der Waals surface area (Å²) in [6, 6.07) is 2.01. The van der Waals surface area contributed by atoms with Crippen molar-refractivity contribution in [1.82, 2.24) is 9.59 Å². The van der Waals surface area contributed by atoms with Crippen LogP contribution in [-0.2, 0) is 0 Å². The molecule has 1 atom stereocenters. The molecule has 0 bridgehead atoms. The minimum Gasteiger partial charge on any atom is -0.382 e. The minimum atomic E-state index is -0.560. The first-order valence-corrected chi connectivity index (χ1v) is 5.86. The molecule has 2 heterocycles. The molecule has 0 aliphatic rings. The quantitative estimate of drug-likeness (QED) is 0.854. The number of aromatic nitrogens is 2. The third-order valence-electron chi connectivity index (χ3n) is 2.08. The van der Waals surface area contributed by atoms with Gasteiger partial charge in [0.15, 0.2) is 0 Å². The van der Waals surface area contributed by atoms with Gasteiger partial charge >= 0.3 is 0 Å². The first-order chi connectivity index (χ1) is 6.70. The summed E-state index contributed by atoms with van der Waals surface area (Å²) in [6.45, 7) is 3.86. The Kier molecular flexibility index (Phi) is 2.62. The number of nitrogens with zero attached hydrogens (tertiary/aromatic N) is 2. The predicted octanol–water partition coefficient (Wildman–Crippen LogP) is 2.30. The molecule has 0 saturated carbocycles. The topological polar surface area (TPSA) is 46.0 Å². The molecule has 0 aromatic carbocycles. The summed E-state index contributed by atoms with van der Waals surface area (Å²) in [5.41, 5.74) is 1.94. The van der Waals surface area contributed by atoms with Crippen LogP contribution in [0.25, 0.3) is 0 Å². The molecule has 0 aliphatic heterocycles. The second kappa shape index (κ2) is 3.76. The van der Waals surface area contributed by atoms with E-state index in [-0.39, 0.29) is 0 Å². The van der Waals surface area contributed by atoms with Crippen molar-refractivity contribution in [2.45, 2.75) is 20.0 Å². The molecular weight excluding hydrogens is 216 g/mol.